The van der Waals surface area contributed by atoms with Crippen LogP contribution in [0.1, 0.15) is 43.3 Å². The van der Waals surface area contributed by atoms with E-state index in [1.165, 1.54) is 17.7 Å². The summed E-state index contributed by atoms with van der Waals surface area (Å²) in [7, 11) is 2.00. The normalized spacial score (nSPS) is 13.2. The summed E-state index contributed by atoms with van der Waals surface area (Å²) in [6.07, 6.45) is 1.17. The van der Waals surface area contributed by atoms with Crippen LogP contribution in [0.15, 0.2) is 0 Å². The Hall–Kier alpha value is -0.830. The second-order valence-corrected chi connectivity index (χ2v) is 3.88. The highest BCUT2D eigenvalue weighted by molar-refractivity contribution is 5.27. The summed E-state index contributed by atoms with van der Waals surface area (Å²) in [4.78, 5) is 0. The van der Waals surface area contributed by atoms with Crippen molar-refractivity contribution in [2.75, 3.05) is 6.54 Å². The van der Waals surface area contributed by atoms with Gasteiger partial charge >= 0.3 is 0 Å². The second kappa shape index (κ2) is 4.60. The van der Waals surface area contributed by atoms with Gasteiger partial charge in [0.2, 0.25) is 0 Å². The van der Waals surface area contributed by atoms with Gasteiger partial charge in [0.1, 0.15) is 0 Å². The average molecular weight is 195 g/mol. The van der Waals surface area contributed by atoms with E-state index >= 15 is 0 Å². The van der Waals surface area contributed by atoms with Crippen molar-refractivity contribution >= 4 is 0 Å². The molecule has 1 aromatic rings. The van der Waals surface area contributed by atoms with Crippen molar-refractivity contribution in [2.45, 2.75) is 40.2 Å². The maximum atomic E-state index is 4.42. The van der Waals surface area contributed by atoms with Crippen LogP contribution in [0.25, 0.3) is 0 Å². The van der Waals surface area contributed by atoms with Gasteiger partial charge in [-0.3, -0.25) is 4.68 Å². The van der Waals surface area contributed by atoms with Crippen LogP contribution in [0.2, 0.25) is 0 Å². The van der Waals surface area contributed by atoms with Crippen LogP contribution in [0.4, 0.5) is 0 Å². The fourth-order valence-corrected chi connectivity index (χ4v) is 1.88. The quantitative estimate of drug-likeness (QED) is 0.797. The molecule has 0 fully saturated rings. The first-order valence-electron chi connectivity index (χ1n) is 5.31. The molecule has 0 aliphatic carbocycles. The lowest BCUT2D eigenvalue weighted by Crippen LogP contribution is -2.20. The highest BCUT2D eigenvalue weighted by atomic mass is 15.3. The Bertz CT molecular complexity index is 302. The fourth-order valence-electron chi connectivity index (χ4n) is 1.88. The molecule has 3 heteroatoms. The minimum Gasteiger partial charge on any atom is -0.310 e. The summed E-state index contributed by atoms with van der Waals surface area (Å²) in [5.74, 6) is 0. The Morgan fingerprint density at radius 1 is 1.43 bits per heavy atom. The van der Waals surface area contributed by atoms with E-state index in [4.69, 9.17) is 0 Å². The summed E-state index contributed by atoms with van der Waals surface area (Å²) in [5.41, 5.74) is 3.75. The molecule has 3 nitrogen and oxygen atoms in total. The Balaban J connectivity index is 2.83. The Morgan fingerprint density at radius 3 is 2.50 bits per heavy atom. The van der Waals surface area contributed by atoms with Crippen molar-refractivity contribution in [2.24, 2.45) is 7.05 Å². The first-order chi connectivity index (χ1) is 6.57. The molecule has 1 N–H and O–H groups in total. The molecule has 1 aromatic heterocycles. The van der Waals surface area contributed by atoms with Crippen LogP contribution in [0.3, 0.4) is 0 Å². The molecule has 0 aliphatic heterocycles. The SMILES string of the molecule is CCCNC(C)c1c(C)nn(C)c1C. The standard InChI is InChI=1S/C11H21N3/c1-6-7-12-8(2)11-9(3)13-14(5)10(11)4/h8,12H,6-7H2,1-5H3. The van der Waals surface area contributed by atoms with Gasteiger partial charge in [-0.05, 0) is 33.7 Å². The van der Waals surface area contributed by atoms with Gasteiger partial charge in [-0.15, -0.1) is 0 Å². The molecule has 1 rings (SSSR count). The van der Waals surface area contributed by atoms with Gasteiger partial charge in [-0.1, -0.05) is 6.92 Å². The van der Waals surface area contributed by atoms with Crippen molar-refractivity contribution in [1.82, 2.24) is 15.1 Å². The molecule has 0 aliphatic rings. The third-order valence-electron chi connectivity index (χ3n) is 2.70. The van der Waals surface area contributed by atoms with Gasteiger partial charge < -0.3 is 5.32 Å². The van der Waals surface area contributed by atoms with Crippen molar-refractivity contribution in [1.29, 1.82) is 0 Å². The van der Waals surface area contributed by atoms with Crippen molar-refractivity contribution < 1.29 is 0 Å². The van der Waals surface area contributed by atoms with E-state index < -0.39 is 0 Å². The molecular weight excluding hydrogens is 174 g/mol. The molecule has 80 valence electrons. The summed E-state index contributed by atoms with van der Waals surface area (Å²) in [6.45, 7) is 9.65. The first kappa shape index (κ1) is 11.2. The monoisotopic (exact) mass is 195 g/mol. The Kier molecular flexibility index (Phi) is 3.69. The van der Waals surface area contributed by atoms with Gasteiger partial charge in [0.25, 0.3) is 0 Å². The maximum absolute atomic E-state index is 4.42. The third kappa shape index (κ3) is 2.15. The minimum absolute atomic E-state index is 0.406. The topological polar surface area (TPSA) is 29.9 Å². The number of rotatable bonds is 4. The Labute approximate surface area is 86.5 Å². The van der Waals surface area contributed by atoms with Gasteiger partial charge in [-0.2, -0.15) is 5.10 Å². The highest BCUT2D eigenvalue weighted by Crippen LogP contribution is 2.20. The molecule has 0 radical (unpaired) electrons. The smallest absolute Gasteiger partial charge is 0.0644 e. The number of aromatic nitrogens is 2. The largest absolute Gasteiger partial charge is 0.310 e. The van der Waals surface area contributed by atoms with Gasteiger partial charge in [0, 0.05) is 24.3 Å². The van der Waals surface area contributed by atoms with Crippen LogP contribution in [-0.2, 0) is 7.05 Å². The van der Waals surface area contributed by atoms with Crippen LogP contribution < -0.4 is 5.32 Å². The zero-order valence-corrected chi connectivity index (χ0v) is 9.89. The number of hydrogen-bond donors (Lipinski definition) is 1. The molecule has 0 saturated heterocycles. The zero-order valence-electron chi connectivity index (χ0n) is 9.89. The Morgan fingerprint density at radius 2 is 2.07 bits per heavy atom. The summed E-state index contributed by atoms with van der Waals surface area (Å²) >= 11 is 0. The lowest BCUT2D eigenvalue weighted by Gasteiger charge is -2.13. The molecule has 0 spiro atoms. The molecule has 0 bridgehead atoms. The first-order valence-corrected chi connectivity index (χ1v) is 5.31. The minimum atomic E-state index is 0.406. The van der Waals surface area contributed by atoms with Crippen molar-refractivity contribution in [3.8, 4) is 0 Å². The van der Waals surface area contributed by atoms with Crippen molar-refractivity contribution in [3.63, 3.8) is 0 Å². The van der Waals surface area contributed by atoms with Gasteiger partial charge in [-0.25, -0.2) is 0 Å². The predicted octanol–water partition coefficient (Wildman–Crippen LogP) is 2.10. The van der Waals surface area contributed by atoms with Gasteiger partial charge in [0.05, 0.1) is 5.69 Å². The van der Waals surface area contributed by atoms with Crippen molar-refractivity contribution in [3.05, 3.63) is 17.0 Å². The van der Waals surface area contributed by atoms with E-state index in [0.29, 0.717) is 6.04 Å². The molecule has 1 atom stereocenters. The van der Waals surface area contributed by atoms with E-state index in [0.717, 1.165) is 12.2 Å². The molecule has 1 unspecified atom stereocenters. The van der Waals surface area contributed by atoms with Crippen LogP contribution in [-0.4, -0.2) is 16.3 Å². The molecule has 1 heterocycles. The van der Waals surface area contributed by atoms with Crippen LogP contribution >= 0.6 is 0 Å². The molecule has 14 heavy (non-hydrogen) atoms. The maximum Gasteiger partial charge on any atom is 0.0644 e. The zero-order chi connectivity index (χ0) is 10.7. The van der Waals surface area contributed by atoms with E-state index in [1.54, 1.807) is 0 Å². The van der Waals surface area contributed by atoms with Crippen LogP contribution in [0, 0.1) is 13.8 Å². The summed E-state index contributed by atoms with van der Waals surface area (Å²) in [5, 5.41) is 7.91. The number of nitrogens with one attached hydrogen (secondary N) is 1. The average Bonchev–Trinajstić information content (AvgIpc) is 2.38. The summed E-state index contributed by atoms with van der Waals surface area (Å²) in [6, 6.07) is 0.406. The fraction of sp³-hybridized carbons (Fsp3) is 0.727. The second-order valence-electron chi connectivity index (χ2n) is 3.88. The lowest BCUT2D eigenvalue weighted by atomic mass is 10.1. The summed E-state index contributed by atoms with van der Waals surface area (Å²) < 4.78 is 1.95. The molecular formula is C11H21N3. The van der Waals surface area contributed by atoms with E-state index in [9.17, 15) is 0 Å². The van der Waals surface area contributed by atoms with Gasteiger partial charge in [0.15, 0.2) is 0 Å². The predicted molar refractivity (Wildman–Crippen MR) is 59.4 cm³/mol. The molecule has 0 saturated carbocycles. The van der Waals surface area contributed by atoms with E-state index in [2.05, 4.69) is 38.1 Å². The number of aryl methyl sites for hydroxylation is 2. The third-order valence-corrected chi connectivity index (χ3v) is 2.70. The van der Waals surface area contributed by atoms with E-state index in [-0.39, 0.29) is 0 Å². The lowest BCUT2D eigenvalue weighted by molar-refractivity contribution is 0.565. The highest BCUT2D eigenvalue weighted by Gasteiger charge is 2.14. The molecule has 0 amide bonds. The van der Waals surface area contributed by atoms with Crippen LogP contribution in [0.5, 0.6) is 0 Å². The molecule has 0 aromatic carbocycles. The number of nitrogens with zero attached hydrogens (tertiary/aromatic N) is 2. The van der Waals surface area contributed by atoms with E-state index in [1.807, 2.05) is 11.7 Å². The number of hydrogen-bond acceptors (Lipinski definition) is 2.